The van der Waals surface area contributed by atoms with Crippen LogP contribution in [0.25, 0.3) is 0 Å². The molecule has 0 aliphatic rings. The van der Waals surface area contributed by atoms with Gasteiger partial charge in [0.05, 0.1) is 19.1 Å². The number of amides is 1. The first-order valence-corrected chi connectivity index (χ1v) is 8.99. The molecule has 2 N–H and O–H groups in total. The van der Waals surface area contributed by atoms with Gasteiger partial charge in [0.1, 0.15) is 11.5 Å². The highest BCUT2D eigenvalue weighted by molar-refractivity contribution is 5.94. The molecule has 0 radical (unpaired) electrons. The Kier molecular flexibility index (Phi) is 7.67. The van der Waals surface area contributed by atoms with E-state index in [9.17, 15) is 14.7 Å². The Bertz CT molecular complexity index is 757. The first-order chi connectivity index (χ1) is 13.0. The van der Waals surface area contributed by atoms with Crippen molar-refractivity contribution >= 4 is 11.9 Å². The highest BCUT2D eigenvalue weighted by Gasteiger charge is 2.19. The van der Waals surface area contributed by atoms with E-state index in [1.165, 1.54) is 0 Å². The maximum Gasteiger partial charge on any atom is 0.308 e. The number of ether oxygens (including phenoxy) is 2. The van der Waals surface area contributed by atoms with Crippen molar-refractivity contribution in [1.82, 2.24) is 5.32 Å². The Labute approximate surface area is 159 Å². The standard InChI is InChI=1S/C21H25NO5/c1-3-26-18-10-8-15(9-11-18)12-17(21(24)25)14-22-20(23)16-6-5-7-19(13-16)27-4-2/h5-11,13,17H,3-4,12,14H2,1-2H3,(H,22,23)(H,24,25). The van der Waals surface area contributed by atoms with Crippen molar-refractivity contribution in [2.75, 3.05) is 19.8 Å². The molecule has 2 aromatic carbocycles. The molecule has 1 unspecified atom stereocenters. The summed E-state index contributed by atoms with van der Waals surface area (Å²) < 4.78 is 10.8. The van der Waals surface area contributed by atoms with Crippen LogP contribution in [0.2, 0.25) is 0 Å². The topological polar surface area (TPSA) is 84.9 Å². The van der Waals surface area contributed by atoms with E-state index in [0.29, 0.717) is 30.9 Å². The number of carboxylic acid groups (broad SMARTS) is 1. The van der Waals surface area contributed by atoms with Crippen molar-refractivity contribution in [2.24, 2.45) is 5.92 Å². The molecule has 2 aromatic rings. The summed E-state index contributed by atoms with van der Waals surface area (Å²) in [6, 6.07) is 14.1. The number of rotatable bonds is 10. The van der Waals surface area contributed by atoms with Crippen LogP contribution in [0.15, 0.2) is 48.5 Å². The Balaban J connectivity index is 1.96. The smallest absolute Gasteiger partial charge is 0.308 e. The van der Waals surface area contributed by atoms with Crippen LogP contribution in [0.5, 0.6) is 11.5 Å². The molecule has 6 nitrogen and oxygen atoms in total. The third-order valence-electron chi connectivity index (χ3n) is 3.98. The molecule has 27 heavy (non-hydrogen) atoms. The molecule has 0 aliphatic carbocycles. The zero-order chi connectivity index (χ0) is 19.6. The van der Waals surface area contributed by atoms with E-state index >= 15 is 0 Å². The predicted octanol–water partition coefficient (Wildman–Crippen LogP) is 3.16. The van der Waals surface area contributed by atoms with Crippen LogP contribution < -0.4 is 14.8 Å². The zero-order valence-corrected chi connectivity index (χ0v) is 15.6. The molecule has 2 rings (SSSR count). The monoisotopic (exact) mass is 371 g/mol. The van der Waals surface area contributed by atoms with Crippen LogP contribution in [-0.4, -0.2) is 36.7 Å². The van der Waals surface area contributed by atoms with Crippen LogP contribution >= 0.6 is 0 Å². The largest absolute Gasteiger partial charge is 0.494 e. The van der Waals surface area contributed by atoms with E-state index < -0.39 is 11.9 Å². The van der Waals surface area contributed by atoms with Gasteiger partial charge in [0.15, 0.2) is 0 Å². The molecule has 0 saturated heterocycles. The number of hydrogen-bond acceptors (Lipinski definition) is 4. The minimum atomic E-state index is -0.952. The Morgan fingerprint density at radius 1 is 1.00 bits per heavy atom. The average molecular weight is 371 g/mol. The van der Waals surface area contributed by atoms with E-state index in [-0.39, 0.29) is 12.5 Å². The fourth-order valence-corrected chi connectivity index (χ4v) is 2.63. The minimum absolute atomic E-state index is 0.0419. The Morgan fingerprint density at radius 2 is 1.67 bits per heavy atom. The molecule has 1 amide bonds. The lowest BCUT2D eigenvalue weighted by atomic mass is 9.99. The SMILES string of the molecule is CCOc1ccc(CC(CNC(=O)c2cccc(OCC)c2)C(=O)O)cc1. The molecule has 0 fully saturated rings. The second-order valence-corrected chi connectivity index (χ2v) is 5.99. The summed E-state index contributed by atoms with van der Waals surface area (Å²) in [7, 11) is 0. The molecule has 1 atom stereocenters. The molecule has 0 aromatic heterocycles. The molecule has 0 heterocycles. The molecular weight excluding hydrogens is 346 g/mol. The maximum absolute atomic E-state index is 12.3. The highest BCUT2D eigenvalue weighted by Crippen LogP contribution is 2.16. The number of hydrogen-bond donors (Lipinski definition) is 2. The van der Waals surface area contributed by atoms with E-state index in [1.807, 2.05) is 38.1 Å². The predicted molar refractivity (Wildman–Crippen MR) is 102 cm³/mol. The van der Waals surface area contributed by atoms with Gasteiger partial charge in [0.2, 0.25) is 0 Å². The molecule has 0 aliphatic heterocycles. The number of nitrogens with one attached hydrogen (secondary N) is 1. The van der Waals surface area contributed by atoms with E-state index in [0.717, 1.165) is 11.3 Å². The number of benzene rings is 2. The van der Waals surface area contributed by atoms with Gasteiger partial charge in [-0.1, -0.05) is 18.2 Å². The van der Waals surface area contributed by atoms with Gasteiger partial charge in [-0.2, -0.15) is 0 Å². The summed E-state index contributed by atoms with van der Waals surface area (Å²) >= 11 is 0. The maximum atomic E-state index is 12.3. The van der Waals surface area contributed by atoms with Gasteiger partial charge >= 0.3 is 5.97 Å². The Morgan fingerprint density at radius 3 is 2.30 bits per heavy atom. The van der Waals surface area contributed by atoms with Gasteiger partial charge in [-0.05, 0) is 56.2 Å². The van der Waals surface area contributed by atoms with Gasteiger partial charge < -0.3 is 19.9 Å². The third-order valence-corrected chi connectivity index (χ3v) is 3.98. The van der Waals surface area contributed by atoms with Crippen LogP contribution in [0, 0.1) is 5.92 Å². The lowest BCUT2D eigenvalue weighted by Crippen LogP contribution is -2.34. The number of carbonyl (C=O) groups excluding carboxylic acids is 1. The van der Waals surface area contributed by atoms with Gasteiger partial charge in [-0.15, -0.1) is 0 Å². The summed E-state index contributed by atoms with van der Waals surface area (Å²) in [5, 5.41) is 12.2. The van der Waals surface area contributed by atoms with Gasteiger partial charge in [0.25, 0.3) is 5.91 Å². The summed E-state index contributed by atoms with van der Waals surface area (Å²) in [4.78, 5) is 23.9. The van der Waals surface area contributed by atoms with Gasteiger partial charge in [-0.25, -0.2) is 0 Å². The lowest BCUT2D eigenvalue weighted by Gasteiger charge is -2.14. The second-order valence-electron chi connectivity index (χ2n) is 5.99. The van der Waals surface area contributed by atoms with Crippen molar-refractivity contribution in [3.63, 3.8) is 0 Å². The molecule has 0 bridgehead atoms. The fraction of sp³-hybridized carbons (Fsp3) is 0.333. The highest BCUT2D eigenvalue weighted by atomic mass is 16.5. The quantitative estimate of drug-likeness (QED) is 0.670. The number of carbonyl (C=O) groups is 2. The van der Waals surface area contributed by atoms with Crippen molar-refractivity contribution in [3.8, 4) is 11.5 Å². The van der Waals surface area contributed by atoms with Crippen molar-refractivity contribution in [1.29, 1.82) is 0 Å². The second kappa shape index (κ2) is 10.2. The first kappa shape index (κ1) is 20.3. The molecular formula is C21H25NO5. The molecule has 0 saturated carbocycles. The van der Waals surface area contributed by atoms with Gasteiger partial charge in [0, 0.05) is 12.1 Å². The van der Waals surface area contributed by atoms with Crippen molar-refractivity contribution in [2.45, 2.75) is 20.3 Å². The fourth-order valence-electron chi connectivity index (χ4n) is 2.63. The third kappa shape index (κ3) is 6.33. The first-order valence-electron chi connectivity index (χ1n) is 8.99. The number of carboxylic acids is 1. The van der Waals surface area contributed by atoms with Crippen LogP contribution in [0.1, 0.15) is 29.8 Å². The lowest BCUT2D eigenvalue weighted by molar-refractivity contribution is -0.141. The number of aliphatic carboxylic acids is 1. The summed E-state index contributed by atoms with van der Waals surface area (Å²) in [5.74, 6) is -0.645. The van der Waals surface area contributed by atoms with Gasteiger partial charge in [-0.3, -0.25) is 9.59 Å². The van der Waals surface area contributed by atoms with Crippen LogP contribution in [0.4, 0.5) is 0 Å². The normalized spacial score (nSPS) is 11.5. The minimum Gasteiger partial charge on any atom is -0.494 e. The van der Waals surface area contributed by atoms with Crippen molar-refractivity contribution < 1.29 is 24.2 Å². The zero-order valence-electron chi connectivity index (χ0n) is 15.6. The summed E-state index contributed by atoms with van der Waals surface area (Å²) in [5.41, 5.74) is 1.31. The van der Waals surface area contributed by atoms with Crippen LogP contribution in [0.3, 0.4) is 0 Å². The van der Waals surface area contributed by atoms with Crippen LogP contribution in [-0.2, 0) is 11.2 Å². The van der Waals surface area contributed by atoms with E-state index in [1.54, 1.807) is 24.3 Å². The van der Waals surface area contributed by atoms with E-state index in [4.69, 9.17) is 9.47 Å². The van der Waals surface area contributed by atoms with Crippen molar-refractivity contribution in [3.05, 3.63) is 59.7 Å². The molecule has 144 valence electrons. The Hall–Kier alpha value is -3.02. The summed E-state index contributed by atoms with van der Waals surface area (Å²) in [6.07, 6.45) is 0.320. The molecule has 0 spiro atoms. The molecule has 6 heteroatoms. The summed E-state index contributed by atoms with van der Waals surface area (Å²) in [6.45, 7) is 4.90. The average Bonchev–Trinajstić information content (AvgIpc) is 2.66. The van der Waals surface area contributed by atoms with E-state index in [2.05, 4.69) is 5.32 Å².